The van der Waals surface area contributed by atoms with Crippen molar-refractivity contribution >= 4 is 21.6 Å². The van der Waals surface area contributed by atoms with Crippen LogP contribution < -0.4 is 19.7 Å². The number of sulfonamides is 1. The minimum Gasteiger partial charge on any atom is -0.486 e. The van der Waals surface area contributed by atoms with Gasteiger partial charge >= 0.3 is 0 Å². The molecule has 4 heterocycles. The molecule has 1 N–H and O–H groups in total. The first kappa shape index (κ1) is 24.3. The van der Waals surface area contributed by atoms with Gasteiger partial charge in [0, 0.05) is 64.1 Å². The highest BCUT2D eigenvalue weighted by Crippen LogP contribution is 2.36. The van der Waals surface area contributed by atoms with Crippen molar-refractivity contribution in [1.82, 2.24) is 14.5 Å². The highest BCUT2D eigenvalue weighted by molar-refractivity contribution is 7.89. The van der Waals surface area contributed by atoms with E-state index in [-0.39, 0.29) is 16.7 Å². The summed E-state index contributed by atoms with van der Waals surface area (Å²) in [5.74, 6) is 0.835. The first-order valence-electron chi connectivity index (χ1n) is 12.8. The Morgan fingerprint density at radius 1 is 0.919 bits per heavy atom. The molecule has 2 aromatic carbocycles. The van der Waals surface area contributed by atoms with Crippen LogP contribution in [0, 0.1) is 0 Å². The van der Waals surface area contributed by atoms with Crippen LogP contribution in [-0.4, -0.2) is 89.1 Å². The molecule has 1 amide bonds. The van der Waals surface area contributed by atoms with Crippen LogP contribution >= 0.6 is 0 Å². The topological polar surface area (TPSA) is 91.4 Å². The van der Waals surface area contributed by atoms with Crippen molar-refractivity contribution in [2.24, 2.45) is 0 Å². The molecule has 0 aliphatic carbocycles. The molecule has 1 saturated heterocycles. The molecule has 0 aromatic heterocycles. The average molecular weight is 525 g/mol. The largest absolute Gasteiger partial charge is 0.486 e. The van der Waals surface area contributed by atoms with Gasteiger partial charge in [0.25, 0.3) is 0 Å². The number of hydrogen-bond acceptors (Lipinski definition) is 7. The normalized spacial score (nSPS) is 20.8. The summed E-state index contributed by atoms with van der Waals surface area (Å²) in [5, 5.41) is 3.37. The fourth-order valence-electron chi connectivity index (χ4n) is 5.53. The molecule has 0 bridgehead atoms. The molecule has 1 fully saturated rings. The van der Waals surface area contributed by atoms with Crippen LogP contribution in [0.3, 0.4) is 0 Å². The lowest BCUT2D eigenvalue weighted by Crippen LogP contribution is -2.43. The van der Waals surface area contributed by atoms with Crippen molar-refractivity contribution in [2.45, 2.75) is 17.7 Å². The fourth-order valence-corrected chi connectivity index (χ4v) is 6.98. The molecule has 9 nitrogen and oxygen atoms in total. The average Bonchev–Trinajstić information content (AvgIpc) is 3.53. The Bertz CT molecular complexity index is 1330. The van der Waals surface area contributed by atoms with Crippen molar-refractivity contribution in [3.05, 3.63) is 59.2 Å². The Morgan fingerprint density at radius 3 is 2.35 bits per heavy atom. The van der Waals surface area contributed by atoms with E-state index in [0.717, 1.165) is 48.6 Å². The molecule has 37 heavy (non-hydrogen) atoms. The van der Waals surface area contributed by atoms with Gasteiger partial charge in [-0.2, -0.15) is 4.31 Å². The maximum atomic E-state index is 13.4. The standard InChI is InChI=1S/C27H32N4O5S/c1-19(20-3-2-4-23(13-20)29-9-7-28-8-10-29)27(32)30-15-21-17-31(18-22(21)16-30)37(33,34)24-5-6-25-26(14-24)36-12-11-35-25/h2-6,13-14,19,28H,7-12,15-18H2,1H3. The van der Waals surface area contributed by atoms with Crippen LogP contribution in [0.4, 0.5) is 5.69 Å². The summed E-state index contributed by atoms with van der Waals surface area (Å²) in [6, 6.07) is 13.0. The van der Waals surface area contributed by atoms with Gasteiger partial charge in [-0.3, -0.25) is 4.79 Å². The van der Waals surface area contributed by atoms with E-state index in [1.165, 1.54) is 4.31 Å². The Hall–Kier alpha value is -3.08. The first-order valence-corrected chi connectivity index (χ1v) is 14.3. The van der Waals surface area contributed by atoms with Crippen molar-refractivity contribution in [3.63, 3.8) is 0 Å². The van der Waals surface area contributed by atoms with Crippen LogP contribution in [0.25, 0.3) is 0 Å². The molecule has 10 heteroatoms. The number of piperazine rings is 1. The molecule has 6 rings (SSSR count). The third kappa shape index (κ3) is 4.58. The smallest absolute Gasteiger partial charge is 0.243 e. The molecule has 0 radical (unpaired) electrons. The summed E-state index contributed by atoms with van der Waals surface area (Å²) in [4.78, 5) is 17.8. The van der Waals surface area contributed by atoms with E-state index in [0.29, 0.717) is 50.9 Å². The van der Waals surface area contributed by atoms with Crippen molar-refractivity contribution in [1.29, 1.82) is 0 Å². The summed E-state index contributed by atoms with van der Waals surface area (Å²) in [7, 11) is -3.68. The highest BCUT2D eigenvalue weighted by atomic mass is 32.2. The molecule has 1 unspecified atom stereocenters. The van der Waals surface area contributed by atoms with E-state index in [1.54, 1.807) is 18.2 Å². The summed E-state index contributed by atoms with van der Waals surface area (Å²) < 4.78 is 39.3. The predicted octanol–water partition coefficient (Wildman–Crippen LogP) is 1.81. The van der Waals surface area contributed by atoms with E-state index < -0.39 is 10.0 Å². The Kier molecular flexibility index (Phi) is 6.34. The van der Waals surface area contributed by atoms with Gasteiger partial charge in [0.2, 0.25) is 15.9 Å². The second-order valence-electron chi connectivity index (χ2n) is 10.0. The lowest BCUT2D eigenvalue weighted by atomic mass is 9.98. The number of benzene rings is 2. The maximum absolute atomic E-state index is 13.4. The van der Waals surface area contributed by atoms with Gasteiger partial charge in [-0.25, -0.2) is 8.42 Å². The zero-order valence-electron chi connectivity index (χ0n) is 21.0. The third-order valence-electron chi connectivity index (χ3n) is 7.68. The summed E-state index contributed by atoms with van der Waals surface area (Å²) in [5.41, 5.74) is 4.21. The quantitative estimate of drug-likeness (QED) is 0.597. The molecule has 2 aromatic rings. The molecular formula is C27H32N4O5S. The Morgan fingerprint density at radius 2 is 1.62 bits per heavy atom. The van der Waals surface area contributed by atoms with Gasteiger partial charge < -0.3 is 24.6 Å². The van der Waals surface area contributed by atoms with Gasteiger partial charge in [-0.15, -0.1) is 0 Å². The second kappa shape index (κ2) is 9.66. The van der Waals surface area contributed by atoms with E-state index in [9.17, 15) is 13.2 Å². The first-order chi connectivity index (χ1) is 17.9. The highest BCUT2D eigenvalue weighted by Gasteiger charge is 2.39. The number of anilines is 1. The number of hydrogen-bond donors (Lipinski definition) is 1. The lowest BCUT2D eigenvalue weighted by molar-refractivity contribution is -0.131. The van der Waals surface area contributed by atoms with Crippen molar-refractivity contribution in [3.8, 4) is 11.5 Å². The third-order valence-corrected chi connectivity index (χ3v) is 9.47. The number of nitrogens with zero attached hydrogens (tertiary/aromatic N) is 3. The van der Waals surface area contributed by atoms with E-state index >= 15 is 0 Å². The second-order valence-corrected chi connectivity index (χ2v) is 12.0. The van der Waals surface area contributed by atoms with E-state index in [1.807, 2.05) is 24.0 Å². The molecule has 1 atom stereocenters. The number of nitrogens with one attached hydrogen (secondary N) is 1. The van der Waals surface area contributed by atoms with Crippen LogP contribution in [0.2, 0.25) is 0 Å². The SMILES string of the molecule is CC(C(=O)N1CC2=C(C1)CN(S(=O)(=O)c1ccc3c(c1)OCCO3)C2)c1cccc(N2CCNCC2)c1. The van der Waals surface area contributed by atoms with Gasteiger partial charge in [-0.1, -0.05) is 12.1 Å². The Balaban J connectivity index is 1.10. The minimum atomic E-state index is -3.68. The number of fused-ring (bicyclic) bond motifs is 1. The summed E-state index contributed by atoms with van der Waals surface area (Å²) in [6.45, 7) is 8.23. The monoisotopic (exact) mass is 524 g/mol. The predicted molar refractivity (Wildman–Crippen MR) is 140 cm³/mol. The zero-order valence-corrected chi connectivity index (χ0v) is 21.8. The Labute approximate surface area is 217 Å². The van der Waals surface area contributed by atoms with Crippen molar-refractivity contribution in [2.75, 3.05) is 70.5 Å². The van der Waals surface area contributed by atoms with Crippen LogP contribution in [-0.2, 0) is 14.8 Å². The lowest BCUT2D eigenvalue weighted by Gasteiger charge is -2.30. The number of amides is 1. The summed E-state index contributed by atoms with van der Waals surface area (Å²) in [6.07, 6.45) is 0. The van der Waals surface area contributed by atoms with Gasteiger partial charge in [0.15, 0.2) is 11.5 Å². The van der Waals surface area contributed by atoms with E-state index in [2.05, 4.69) is 22.3 Å². The number of rotatable bonds is 5. The van der Waals surface area contributed by atoms with Crippen molar-refractivity contribution < 1.29 is 22.7 Å². The number of ether oxygens (including phenoxy) is 2. The molecule has 0 spiro atoms. The van der Waals surface area contributed by atoms with E-state index in [4.69, 9.17) is 9.47 Å². The van der Waals surface area contributed by atoms with Gasteiger partial charge in [0.05, 0.1) is 10.8 Å². The summed E-state index contributed by atoms with van der Waals surface area (Å²) >= 11 is 0. The van der Waals surface area contributed by atoms with Crippen LogP contribution in [0.15, 0.2) is 58.5 Å². The van der Waals surface area contributed by atoms with Gasteiger partial charge in [0.1, 0.15) is 13.2 Å². The number of carbonyl (C=O) groups excluding carboxylic acids is 1. The zero-order chi connectivity index (χ0) is 25.6. The molecule has 4 aliphatic heterocycles. The fraction of sp³-hybridized carbons (Fsp3) is 0.444. The minimum absolute atomic E-state index is 0.0769. The van der Waals surface area contributed by atoms with Crippen LogP contribution in [0.5, 0.6) is 11.5 Å². The molecule has 196 valence electrons. The van der Waals surface area contributed by atoms with Gasteiger partial charge in [-0.05, 0) is 47.9 Å². The molecule has 4 aliphatic rings. The molecular weight excluding hydrogens is 492 g/mol. The van der Waals surface area contributed by atoms with Crippen LogP contribution in [0.1, 0.15) is 18.4 Å². The maximum Gasteiger partial charge on any atom is 0.243 e. The molecule has 0 saturated carbocycles. The number of carbonyl (C=O) groups is 1.